The summed E-state index contributed by atoms with van der Waals surface area (Å²) in [4.78, 5) is 0. The van der Waals surface area contributed by atoms with E-state index in [0.29, 0.717) is 0 Å². The molecule has 0 radical (unpaired) electrons. The summed E-state index contributed by atoms with van der Waals surface area (Å²) in [7, 11) is 0. The fraction of sp³-hybridized carbons (Fsp3) is 0.818. The molecule has 0 saturated carbocycles. The average Bonchev–Trinajstić information content (AvgIpc) is 2.01. The number of nitrogens with two attached hydrogens (primary N) is 1. The van der Waals surface area contributed by atoms with Gasteiger partial charge in [-0.1, -0.05) is 26.0 Å². The van der Waals surface area contributed by atoms with Crippen molar-refractivity contribution in [3.8, 4) is 0 Å². The van der Waals surface area contributed by atoms with Gasteiger partial charge in [0.25, 0.3) is 0 Å². The first kappa shape index (κ1) is 12.7. The molecule has 0 amide bonds. The van der Waals surface area contributed by atoms with Crippen molar-refractivity contribution in [2.75, 3.05) is 13.1 Å². The molecule has 0 aromatic rings. The first-order valence-corrected chi connectivity index (χ1v) is 5.26. The van der Waals surface area contributed by atoms with Crippen LogP contribution in [0.1, 0.15) is 33.6 Å². The summed E-state index contributed by atoms with van der Waals surface area (Å²) in [5.74, 6) is 0.750. The molecule has 1 atom stereocenters. The lowest BCUT2D eigenvalue weighted by Gasteiger charge is -2.05. The highest BCUT2D eigenvalue weighted by atomic mass is 14.8. The Kier molecular flexibility index (Phi) is 8.05. The molecule has 0 aromatic carbocycles. The molecular formula is C11H24N2. The number of allylic oxidation sites excluding steroid dienone is 1. The zero-order valence-corrected chi connectivity index (χ0v) is 9.22. The lowest BCUT2D eigenvalue weighted by molar-refractivity contribution is 0.544. The second kappa shape index (κ2) is 8.27. The van der Waals surface area contributed by atoms with Crippen LogP contribution >= 0.6 is 0 Å². The summed E-state index contributed by atoms with van der Waals surface area (Å²) in [6.45, 7) is 8.68. The maximum atomic E-state index is 5.57. The Labute approximate surface area is 82.6 Å². The first-order chi connectivity index (χ1) is 6.13. The quantitative estimate of drug-likeness (QED) is 0.468. The maximum Gasteiger partial charge on any atom is 0.0194 e. The van der Waals surface area contributed by atoms with E-state index in [9.17, 15) is 0 Å². The predicted molar refractivity (Wildman–Crippen MR) is 59.7 cm³/mol. The molecule has 0 aliphatic heterocycles. The number of nitrogens with one attached hydrogen (secondary N) is 1. The third-order valence-electron chi connectivity index (χ3n) is 1.72. The lowest BCUT2D eigenvalue weighted by atomic mass is 10.2. The molecule has 2 nitrogen and oxygen atoms in total. The van der Waals surface area contributed by atoms with Crippen molar-refractivity contribution in [3.63, 3.8) is 0 Å². The van der Waals surface area contributed by atoms with Crippen molar-refractivity contribution < 1.29 is 0 Å². The Bertz CT molecular complexity index is 128. The van der Waals surface area contributed by atoms with Crippen LogP contribution in [-0.4, -0.2) is 19.1 Å². The van der Waals surface area contributed by atoms with Gasteiger partial charge in [0.05, 0.1) is 0 Å². The minimum absolute atomic E-state index is 0.198. The monoisotopic (exact) mass is 184 g/mol. The van der Waals surface area contributed by atoms with Crippen LogP contribution in [0.5, 0.6) is 0 Å². The SMILES string of the molecule is CC(N)/C=C/CCCNCC(C)C. The second-order valence-corrected chi connectivity index (χ2v) is 4.03. The summed E-state index contributed by atoms with van der Waals surface area (Å²) in [5, 5.41) is 3.41. The summed E-state index contributed by atoms with van der Waals surface area (Å²) < 4.78 is 0. The Balaban J connectivity index is 3.08. The summed E-state index contributed by atoms with van der Waals surface area (Å²) in [5.41, 5.74) is 5.57. The van der Waals surface area contributed by atoms with E-state index in [-0.39, 0.29) is 6.04 Å². The predicted octanol–water partition coefficient (Wildman–Crippen LogP) is 1.92. The topological polar surface area (TPSA) is 38.0 Å². The zero-order chi connectivity index (χ0) is 10.1. The molecule has 1 unspecified atom stereocenters. The second-order valence-electron chi connectivity index (χ2n) is 4.03. The van der Waals surface area contributed by atoms with Gasteiger partial charge in [0, 0.05) is 6.04 Å². The van der Waals surface area contributed by atoms with Crippen LogP contribution in [0.15, 0.2) is 12.2 Å². The van der Waals surface area contributed by atoms with Crippen molar-refractivity contribution in [1.82, 2.24) is 5.32 Å². The van der Waals surface area contributed by atoms with E-state index in [1.54, 1.807) is 0 Å². The zero-order valence-electron chi connectivity index (χ0n) is 9.22. The van der Waals surface area contributed by atoms with Crippen LogP contribution < -0.4 is 11.1 Å². The van der Waals surface area contributed by atoms with Crippen molar-refractivity contribution in [3.05, 3.63) is 12.2 Å². The number of rotatable bonds is 7. The van der Waals surface area contributed by atoms with Crippen molar-refractivity contribution in [1.29, 1.82) is 0 Å². The van der Waals surface area contributed by atoms with Gasteiger partial charge in [0.1, 0.15) is 0 Å². The molecule has 0 aromatic heterocycles. The van der Waals surface area contributed by atoms with Gasteiger partial charge < -0.3 is 11.1 Å². The molecule has 0 aliphatic rings. The smallest absolute Gasteiger partial charge is 0.0194 e. The number of hydrogen-bond donors (Lipinski definition) is 2. The van der Waals surface area contributed by atoms with E-state index in [1.165, 1.54) is 6.42 Å². The van der Waals surface area contributed by atoms with E-state index in [1.807, 2.05) is 6.92 Å². The molecular weight excluding hydrogens is 160 g/mol. The van der Waals surface area contributed by atoms with Crippen LogP contribution in [-0.2, 0) is 0 Å². The van der Waals surface area contributed by atoms with Gasteiger partial charge in [0.15, 0.2) is 0 Å². The standard InChI is InChI=1S/C11H24N2/c1-10(2)9-13-8-6-4-5-7-11(3)12/h5,7,10-11,13H,4,6,8-9,12H2,1-3H3/b7-5+. The Morgan fingerprint density at radius 2 is 2.00 bits per heavy atom. The molecule has 2 heteroatoms. The number of unbranched alkanes of at least 4 members (excludes halogenated alkanes) is 1. The third-order valence-corrected chi connectivity index (χ3v) is 1.72. The molecule has 0 fully saturated rings. The van der Waals surface area contributed by atoms with Crippen molar-refractivity contribution in [2.45, 2.75) is 39.7 Å². The summed E-state index contributed by atoms with van der Waals surface area (Å²) >= 11 is 0. The van der Waals surface area contributed by atoms with Crippen LogP contribution in [0.4, 0.5) is 0 Å². The van der Waals surface area contributed by atoms with Crippen molar-refractivity contribution >= 4 is 0 Å². The fourth-order valence-electron chi connectivity index (χ4n) is 1.05. The Morgan fingerprint density at radius 3 is 2.54 bits per heavy atom. The van der Waals surface area contributed by atoms with Gasteiger partial charge in [-0.2, -0.15) is 0 Å². The molecule has 78 valence electrons. The van der Waals surface area contributed by atoms with E-state index in [2.05, 4.69) is 31.3 Å². The molecule has 13 heavy (non-hydrogen) atoms. The van der Waals surface area contributed by atoms with E-state index < -0.39 is 0 Å². The molecule has 3 N–H and O–H groups in total. The normalized spacial score (nSPS) is 14.2. The third kappa shape index (κ3) is 11.7. The highest BCUT2D eigenvalue weighted by Gasteiger charge is 1.91. The van der Waals surface area contributed by atoms with E-state index >= 15 is 0 Å². The summed E-state index contributed by atoms with van der Waals surface area (Å²) in [6.07, 6.45) is 6.56. The van der Waals surface area contributed by atoms with E-state index in [4.69, 9.17) is 5.73 Å². The largest absolute Gasteiger partial charge is 0.325 e. The highest BCUT2D eigenvalue weighted by molar-refractivity contribution is 4.88. The van der Waals surface area contributed by atoms with E-state index in [0.717, 1.165) is 25.4 Å². The minimum atomic E-state index is 0.198. The van der Waals surface area contributed by atoms with Gasteiger partial charge in [-0.05, 0) is 38.8 Å². The molecule has 0 heterocycles. The van der Waals surface area contributed by atoms with Gasteiger partial charge >= 0.3 is 0 Å². The summed E-state index contributed by atoms with van der Waals surface area (Å²) in [6, 6.07) is 0.198. The minimum Gasteiger partial charge on any atom is -0.325 e. The lowest BCUT2D eigenvalue weighted by Crippen LogP contribution is -2.20. The van der Waals surface area contributed by atoms with Gasteiger partial charge in [0.2, 0.25) is 0 Å². The molecule has 0 spiro atoms. The average molecular weight is 184 g/mol. The molecule has 0 bridgehead atoms. The highest BCUT2D eigenvalue weighted by Crippen LogP contribution is 1.92. The molecule has 0 saturated heterocycles. The van der Waals surface area contributed by atoms with Crippen LogP contribution in [0.3, 0.4) is 0 Å². The molecule has 0 aliphatic carbocycles. The number of hydrogen-bond acceptors (Lipinski definition) is 2. The van der Waals surface area contributed by atoms with Crippen LogP contribution in [0, 0.1) is 5.92 Å². The Morgan fingerprint density at radius 1 is 1.31 bits per heavy atom. The van der Waals surface area contributed by atoms with Crippen LogP contribution in [0.2, 0.25) is 0 Å². The van der Waals surface area contributed by atoms with Gasteiger partial charge in [-0.25, -0.2) is 0 Å². The van der Waals surface area contributed by atoms with Gasteiger partial charge in [-0.15, -0.1) is 0 Å². The Hall–Kier alpha value is -0.340. The van der Waals surface area contributed by atoms with Gasteiger partial charge in [-0.3, -0.25) is 0 Å². The van der Waals surface area contributed by atoms with Crippen molar-refractivity contribution in [2.24, 2.45) is 11.7 Å². The molecule has 0 rings (SSSR count). The first-order valence-electron chi connectivity index (χ1n) is 5.26. The maximum absolute atomic E-state index is 5.57. The fourth-order valence-corrected chi connectivity index (χ4v) is 1.05. The van der Waals surface area contributed by atoms with Crippen LogP contribution in [0.25, 0.3) is 0 Å².